The van der Waals surface area contributed by atoms with Crippen molar-refractivity contribution in [2.75, 3.05) is 34.9 Å². The molecule has 1 unspecified atom stereocenters. The summed E-state index contributed by atoms with van der Waals surface area (Å²) in [6.45, 7) is 7.07. The maximum absolute atomic E-state index is 4.25. The minimum absolute atomic E-state index is 0.667. The van der Waals surface area contributed by atoms with Gasteiger partial charge in [-0.05, 0) is 26.4 Å². The molecule has 0 N–H and O–H groups in total. The lowest BCUT2D eigenvalue weighted by atomic mass is 10.1. The Balaban J connectivity index is 0. The first-order chi connectivity index (χ1) is 5.62. The van der Waals surface area contributed by atoms with Gasteiger partial charge in [-0.1, -0.05) is 13.0 Å². The second-order valence-corrected chi connectivity index (χ2v) is 3.07. The summed E-state index contributed by atoms with van der Waals surface area (Å²) in [7, 11) is 7.43. The highest BCUT2D eigenvalue weighted by atomic mass is 16.4. The van der Waals surface area contributed by atoms with Crippen molar-refractivity contribution in [3.8, 4) is 0 Å². The zero-order valence-corrected chi connectivity index (χ0v) is 9.13. The summed E-state index contributed by atoms with van der Waals surface area (Å²) in [5.41, 5.74) is 0. The van der Waals surface area contributed by atoms with Crippen LogP contribution in [0, 0.1) is 5.92 Å². The average Bonchev–Trinajstić information content (AvgIpc) is 2.01. The van der Waals surface area contributed by atoms with E-state index in [1.54, 1.807) is 14.2 Å². The van der Waals surface area contributed by atoms with Crippen LogP contribution in [-0.2, 0) is 4.74 Å². The van der Waals surface area contributed by atoms with Gasteiger partial charge >= 0.3 is 0 Å². The van der Waals surface area contributed by atoms with E-state index in [4.69, 9.17) is 0 Å². The molecule has 0 saturated carbocycles. The van der Waals surface area contributed by atoms with Crippen molar-refractivity contribution in [3.05, 3.63) is 12.7 Å². The molecule has 0 amide bonds. The van der Waals surface area contributed by atoms with Gasteiger partial charge in [-0.2, -0.15) is 0 Å². The van der Waals surface area contributed by atoms with Crippen LogP contribution in [0.25, 0.3) is 0 Å². The minimum atomic E-state index is 0.667. The summed E-state index contributed by atoms with van der Waals surface area (Å²) >= 11 is 0. The zero-order chi connectivity index (χ0) is 9.98. The Morgan fingerprint density at radius 2 is 1.83 bits per heavy atom. The van der Waals surface area contributed by atoms with Crippen LogP contribution in [0.3, 0.4) is 0 Å². The predicted molar refractivity (Wildman–Crippen MR) is 55.5 cm³/mol. The lowest BCUT2D eigenvalue weighted by molar-refractivity contribution is 0.277. The van der Waals surface area contributed by atoms with Gasteiger partial charge in [0.1, 0.15) is 0 Å². The first-order valence-electron chi connectivity index (χ1n) is 4.29. The molecule has 0 heterocycles. The Morgan fingerprint density at radius 3 is 1.92 bits per heavy atom. The molecule has 1 atom stereocenters. The Kier molecular flexibility index (Phi) is 12.6. The first kappa shape index (κ1) is 14.2. The standard InChI is InChI=1S/C8H17N.C2H6O/c1-5-8(6-2)7-9(3)4;1-3-2/h5,8H,1,6-7H2,2-4H3;1-2H3. The van der Waals surface area contributed by atoms with Crippen LogP contribution in [-0.4, -0.2) is 39.8 Å². The maximum Gasteiger partial charge on any atom is 0.0351 e. The van der Waals surface area contributed by atoms with Gasteiger partial charge in [0, 0.05) is 20.8 Å². The van der Waals surface area contributed by atoms with Crippen molar-refractivity contribution in [2.24, 2.45) is 5.92 Å². The molecule has 2 heteroatoms. The van der Waals surface area contributed by atoms with E-state index in [0.29, 0.717) is 5.92 Å². The Bertz CT molecular complexity index is 91.8. The minimum Gasteiger partial charge on any atom is -0.388 e. The van der Waals surface area contributed by atoms with Gasteiger partial charge in [-0.3, -0.25) is 0 Å². The molecule has 12 heavy (non-hydrogen) atoms. The number of rotatable bonds is 4. The van der Waals surface area contributed by atoms with Crippen molar-refractivity contribution in [2.45, 2.75) is 13.3 Å². The van der Waals surface area contributed by atoms with E-state index in [2.05, 4.69) is 37.2 Å². The van der Waals surface area contributed by atoms with Gasteiger partial charge in [-0.15, -0.1) is 6.58 Å². The fourth-order valence-electron chi connectivity index (χ4n) is 0.839. The third kappa shape index (κ3) is 12.3. The summed E-state index contributed by atoms with van der Waals surface area (Å²) < 4.78 is 4.25. The van der Waals surface area contributed by atoms with Crippen molar-refractivity contribution >= 4 is 0 Å². The summed E-state index contributed by atoms with van der Waals surface area (Å²) in [4.78, 5) is 2.19. The highest BCUT2D eigenvalue weighted by Gasteiger charge is 2.00. The third-order valence-electron chi connectivity index (χ3n) is 1.46. The molecule has 0 fully saturated rings. The molecule has 0 aliphatic carbocycles. The third-order valence-corrected chi connectivity index (χ3v) is 1.46. The average molecular weight is 173 g/mol. The van der Waals surface area contributed by atoms with E-state index in [-0.39, 0.29) is 0 Å². The number of ether oxygens (including phenoxy) is 1. The van der Waals surface area contributed by atoms with Crippen LogP contribution < -0.4 is 0 Å². The maximum atomic E-state index is 4.25. The molecule has 0 aromatic carbocycles. The van der Waals surface area contributed by atoms with Crippen LogP contribution in [0.2, 0.25) is 0 Å². The van der Waals surface area contributed by atoms with Gasteiger partial charge in [0.05, 0.1) is 0 Å². The second-order valence-electron chi connectivity index (χ2n) is 3.07. The number of methoxy groups -OCH3 is 1. The largest absolute Gasteiger partial charge is 0.388 e. The Hall–Kier alpha value is -0.340. The molecule has 0 aromatic rings. The van der Waals surface area contributed by atoms with E-state index >= 15 is 0 Å². The molecular weight excluding hydrogens is 150 g/mol. The van der Waals surface area contributed by atoms with Gasteiger partial charge in [0.2, 0.25) is 0 Å². The summed E-state index contributed by atoms with van der Waals surface area (Å²) in [6, 6.07) is 0. The van der Waals surface area contributed by atoms with Gasteiger partial charge in [0.15, 0.2) is 0 Å². The van der Waals surface area contributed by atoms with Crippen molar-refractivity contribution in [1.29, 1.82) is 0 Å². The van der Waals surface area contributed by atoms with E-state index in [1.807, 2.05) is 6.08 Å². The fourth-order valence-corrected chi connectivity index (χ4v) is 0.839. The molecule has 0 saturated heterocycles. The molecular formula is C10H23NO. The number of nitrogens with zero attached hydrogens (tertiary/aromatic N) is 1. The van der Waals surface area contributed by atoms with Crippen LogP contribution in [0.4, 0.5) is 0 Å². The summed E-state index contributed by atoms with van der Waals surface area (Å²) in [5.74, 6) is 0.667. The summed E-state index contributed by atoms with van der Waals surface area (Å²) in [6.07, 6.45) is 3.22. The van der Waals surface area contributed by atoms with Crippen molar-refractivity contribution < 1.29 is 4.74 Å². The van der Waals surface area contributed by atoms with E-state index in [9.17, 15) is 0 Å². The van der Waals surface area contributed by atoms with Crippen LogP contribution in [0.15, 0.2) is 12.7 Å². The normalized spacial score (nSPS) is 11.8. The Labute approximate surface area is 77.2 Å². The molecule has 0 aliphatic heterocycles. The lowest BCUT2D eigenvalue weighted by Crippen LogP contribution is -2.19. The van der Waals surface area contributed by atoms with Crippen molar-refractivity contribution in [3.63, 3.8) is 0 Å². The fraction of sp³-hybridized carbons (Fsp3) is 0.800. The van der Waals surface area contributed by atoms with Gasteiger partial charge < -0.3 is 9.64 Å². The van der Waals surface area contributed by atoms with Crippen LogP contribution in [0.1, 0.15) is 13.3 Å². The molecule has 0 radical (unpaired) electrons. The molecule has 0 bridgehead atoms. The predicted octanol–water partition coefficient (Wildman–Crippen LogP) is 2.02. The van der Waals surface area contributed by atoms with E-state index < -0.39 is 0 Å². The zero-order valence-electron chi connectivity index (χ0n) is 9.13. The molecule has 0 aromatic heterocycles. The lowest BCUT2D eigenvalue weighted by Gasteiger charge is -2.14. The van der Waals surface area contributed by atoms with Gasteiger partial charge in [0.25, 0.3) is 0 Å². The van der Waals surface area contributed by atoms with E-state index in [1.165, 1.54) is 6.42 Å². The highest BCUT2D eigenvalue weighted by Crippen LogP contribution is 2.03. The second kappa shape index (κ2) is 10.7. The summed E-state index contributed by atoms with van der Waals surface area (Å²) in [5, 5.41) is 0. The number of hydrogen-bond donors (Lipinski definition) is 0. The molecule has 0 rings (SSSR count). The quantitative estimate of drug-likeness (QED) is 0.603. The van der Waals surface area contributed by atoms with Gasteiger partial charge in [-0.25, -0.2) is 0 Å². The van der Waals surface area contributed by atoms with Crippen LogP contribution in [0.5, 0.6) is 0 Å². The highest BCUT2D eigenvalue weighted by molar-refractivity contribution is 4.78. The monoisotopic (exact) mass is 173 g/mol. The Morgan fingerprint density at radius 1 is 1.42 bits per heavy atom. The first-order valence-corrected chi connectivity index (χ1v) is 4.29. The SMILES string of the molecule is C=CC(CC)CN(C)C.COC. The van der Waals surface area contributed by atoms with Crippen LogP contribution >= 0.6 is 0 Å². The molecule has 0 aliphatic rings. The number of hydrogen-bond acceptors (Lipinski definition) is 2. The topological polar surface area (TPSA) is 12.5 Å². The van der Waals surface area contributed by atoms with E-state index in [0.717, 1.165) is 6.54 Å². The van der Waals surface area contributed by atoms with Crippen molar-refractivity contribution in [1.82, 2.24) is 4.90 Å². The smallest absolute Gasteiger partial charge is 0.0351 e. The molecule has 0 spiro atoms. The molecule has 2 nitrogen and oxygen atoms in total. The molecule has 74 valence electrons.